The van der Waals surface area contributed by atoms with Crippen molar-refractivity contribution < 1.29 is 17.2 Å². The van der Waals surface area contributed by atoms with Gasteiger partial charge in [0.1, 0.15) is 0 Å². The summed E-state index contributed by atoms with van der Waals surface area (Å²) in [4.78, 5) is -0.339. The lowest BCUT2D eigenvalue weighted by Crippen LogP contribution is -2.24. The predicted octanol–water partition coefficient (Wildman–Crippen LogP) is 2.24. The molecule has 0 aromatic heterocycles. The van der Waals surface area contributed by atoms with Crippen LogP contribution in [0.4, 0.5) is 14.5 Å². The summed E-state index contributed by atoms with van der Waals surface area (Å²) >= 11 is 0. The SMILES string of the molecule is O=S(=O)(c1ccccc1NCCC1CCCN1)C(F)F. The quantitative estimate of drug-likeness (QED) is 0.846. The molecule has 1 atom stereocenters. The van der Waals surface area contributed by atoms with Crippen LogP contribution in [-0.4, -0.2) is 33.3 Å². The van der Waals surface area contributed by atoms with E-state index in [0.717, 1.165) is 25.8 Å². The molecule has 2 N–H and O–H groups in total. The van der Waals surface area contributed by atoms with Crippen molar-refractivity contribution in [2.45, 2.75) is 36.0 Å². The van der Waals surface area contributed by atoms with Crippen LogP contribution in [0.5, 0.6) is 0 Å². The molecule has 20 heavy (non-hydrogen) atoms. The fraction of sp³-hybridized carbons (Fsp3) is 0.538. The monoisotopic (exact) mass is 304 g/mol. The molecule has 0 bridgehead atoms. The molecule has 1 heterocycles. The van der Waals surface area contributed by atoms with Crippen molar-refractivity contribution in [3.8, 4) is 0 Å². The van der Waals surface area contributed by atoms with E-state index in [1.54, 1.807) is 6.07 Å². The molecule has 7 heteroatoms. The summed E-state index contributed by atoms with van der Waals surface area (Å²) in [5.41, 5.74) is 0.241. The second-order valence-electron chi connectivity index (χ2n) is 4.81. The molecule has 0 radical (unpaired) electrons. The Morgan fingerprint density at radius 2 is 2.10 bits per heavy atom. The maximum Gasteiger partial charge on any atom is 0.341 e. The van der Waals surface area contributed by atoms with Crippen molar-refractivity contribution in [1.82, 2.24) is 5.32 Å². The first kappa shape index (κ1) is 15.2. The first-order valence-corrected chi connectivity index (χ1v) is 8.15. The molecule has 1 saturated heterocycles. The third-order valence-corrected chi connectivity index (χ3v) is 4.84. The Morgan fingerprint density at radius 1 is 1.35 bits per heavy atom. The number of hydrogen-bond acceptors (Lipinski definition) is 4. The van der Waals surface area contributed by atoms with Crippen LogP contribution in [-0.2, 0) is 9.84 Å². The maximum absolute atomic E-state index is 12.6. The number of alkyl halides is 2. The summed E-state index contributed by atoms with van der Waals surface area (Å²) in [6.45, 7) is 1.55. The van der Waals surface area contributed by atoms with E-state index in [1.165, 1.54) is 18.2 Å². The van der Waals surface area contributed by atoms with Gasteiger partial charge in [-0.1, -0.05) is 12.1 Å². The van der Waals surface area contributed by atoms with Crippen molar-refractivity contribution in [1.29, 1.82) is 0 Å². The standard InChI is InChI=1S/C13H18F2N2O2S/c14-13(15)20(18,19)12-6-2-1-5-11(12)17-9-7-10-4-3-8-16-10/h1-2,5-6,10,13,16-17H,3-4,7-9H2. The molecule has 0 saturated carbocycles. The molecule has 2 rings (SSSR count). The van der Waals surface area contributed by atoms with Crippen molar-refractivity contribution in [3.63, 3.8) is 0 Å². The third kappa shape index (κ3) is 3.46. The number of hydrogen-bond donors (Lipinski definition) is 2. The van der Waals surface area contributed by atoms with E-state index in [9.17, 15) is 17.2 Å². The molecule has 0 aliphatic carbocycles. The molecular formula is C13H18F2N2O2S. The van der Waals surface area contributed by atoms with Gasteiger partial charge in [0.2, 0.25) is 9.84 Å². The van der Waals surface area contributed by atoms with Gasteiger partial charge in [0.15, 0.2) is 0 Å². The molecule has 1 unspecified atom stereocenters. The number of rotatable bonds is 6. The van der Waals surface area contributed by atoms with E-state index >= 15 is 0 Å². The minimum atomic E-state index is -4.57. The topological polar surface area (TPSA) is 58.2 Å². The largest absolute Gasteiger partial charge is 0.384 e. The van der Waals surface area contributed by atoms with E-state index in [2.05, 4.69) is 10.6 Å². The summed E-state index contributed by atoms with van der Waals surface area (Å²) in [6, 6.07) is 6.20. The molecule has 112 valence electrons. The van der Waals surface area contributed by atoms with Crippen LogP contribution in [0.25, 0.3) is 0 Å². The van der Waals surface area contributed by atoms with Crippen molar-refractivity contribution in [2.75, 3.05) is 18.4 Å². The van der Waals surface area contributed by atoms with E-state index in [1.807, 2.05) is 0 Å². The average molecular weight is 304 g/mol. The smallest absolute Gasteiger partial charge is 0.341 e. The molecule has 1 aliphatic rings. The minimum Gasteiger partial charge on any atom is -0.384 e. The molecule has 1 aliphatic heterocycles. The zero-order valence-corrected chi connectivity index (χ0v) is 11.8. The highest BCUT2D eigenvalue weighted by atomic mass is 32.2. The van der Waals surface area contributed by atoms with Gasteiger partial charge in [-0.3, -0.25) is 0 Å². The number of benzene rings is 1. The Balaban J connectivity index is 2.04. The van der Waals surface area contributed by atoms with Crippen LogP contribution < -0.4 is 10.6 Å². The zero-order valence-electron chi connectivity index (χ0n) is 11.0. The normalized spacial score (nSPS) is 19.4. The first-order valence-electron chi connectivity index (χ1n) is 6.60. The Morgan fingerprint density at radius 3 is 2.75 bits per heavy atom. The van der Waals surface area contributed by atoms with E-state index in [-0.39, 0.29) is 10.6 Å². The summed E-state index contributed by atoms with van der Waals surface area (Å²) < 4.78 is 48.4. The van der Waals surface area contributed by atoms with Crippen molar-refractivity contribution in [3.05, 3.63) is 24.3 Å². The van der Waals surface area contributed by atoms with Crippen LogP contribution >= 0.6 is 0 Å². The van der Waals surface area contributed by atoms with Gasteiger partial charge >= 0.3 is 5.76 Å². The van der Waals surface area contributed by atoms with E-state index < -0.39 is 15.6 Å². The number of para-hydroxylation sites is 1. The summed E-state index contributed by atoms with van der Waals surface area (Å²) in [7, 11) is -4.57. The van der Waals surface area contributed by atoms with Gasteiger partial charge in [-0.05, 0) is 37.9 Å². The number of halogens is 2. The van der Waals surface area contributed by atoms with Crippen LogP contribution in [0, 0.1) is 0 Å². The number of sulfone groups is 1. The molecule has 0 spiro atoms. The first-order chi connectivity index (χ1) is 9.51. The summed E-state index contributed by atoms with van der Waals surface area (Å²) in [5, 5.41) is 6.28. The Kier molecular flexibility index (Phi) is 4.93. The minimum absolute atomic E-state index is 0.241. The van der Waals surface area contributed by atoms with Crippen LogP contribution in [0.15, 0.2) is 29.2 Å². The lowest BCUT2D eigenvalue weighted by atomic mass is 10.1. The lowest BCUT2D eigenvalue weighted by Gasteiger charge is -2.14. The van der Waals surface area contributed by atoms with Gasteiger partial charge in [0, 0.05) is 12.6 Å². The maximum atomic E-state index is 12.6. The van der Waals surface area contributed by atoms with Crippen LogP contribution in [0.1, 0.15) is 19.3 Å². The van der Waals surface area contributed by atoms with Crippen LogP contribution in [0.3, 0.4) is 0 Å². The molecule has 0 amide bonds. The lowest BCUT2D eigenvalue weighted by molar-refractivity contribution is 0.235. The number of anilines is 1. The molecule has 1 aromatic rings. The Bertz CT molecular complexity index is 543. The fourth-order valence-corrected chi connectivity index (χ4v) is 3.25. The van der Waals surface area contributed by atoms with E-state index in [0.29, 0.717) is 12.6 Å². The second kappa shape index (κ2) is 6.49. The van der Waals surface area contributed by atoms with Gasteiger partial charge < -0.3 is 10.6 Å². The average Bonchev–Trinajstić information content (AvgIpc) is 2.92. The molecule has 1 aromatic carbocycles. The van der Waals surface area contributed by atoms with Gasteiger partial charge in [-0.2, -0.15) is 8.78 Å². The number of nitrogens with one attached hydrogen (secondary N) is 2. The summed E-state index contributed by atoms with van der Waals surface area (Å²) in [5.74, 6) is -3.40. The highest BCUT2D eigenvalue weighted by Crippen LogP contribution is 2.26. The molecule has 4 nitrogen and oxygen atoms in total. The highest BCUT2D eigenvalue weighted by Gasteiger charge is 2.28. The zero-order chi connectivity index (χ0) is 14.6. The molecule has 1 fully saturated rings. The van der Waals surface area contributed by atoms with Gasteiger partial charge in [0.25, 0.3) is 0 Å². The Labute approximate surface area is 117 Å². The summed E-state index contributed by atoms with van der Waals surface area (Å²) in [6.07, 6.45) is 3.07. The second-order valence-corrected chi connectivity index (χ2v) is 6.70. The van der Waals surface area contributed by atoms with Gasteiger partial charge in [-0.15, -0.1) is 0 Å². The van der Waals surface area contributed by atoms with Crippen molar-refractivity contribution >= 4 is 15.5 Å². The Hall–Kier alpha value is -1.21. The highest BCUT2D eigenvalue weighted by molar-refractivity contribution is 7.91. The van der Waals surface area contributed by atoms with Gasteiger partial charge in [-0.25, -0.2) is 8.42 Å². The molecular weight excluding hydrogens is 286 g/mol. The van der Waals surface area contributed by atoms with Crippen LogP contribution in [0.2, 0.25) is 0 Å². The third-order valence-electron chi connectivity index (χ3n) is 3.40. The van der Waals surface area contributed by atoms with Gasteiger partial charge in [0.05, 0.1) is 10.6 Å². The fourth-order valence-electron chi connectivity index (χ4n) is 2.34. The van der Waals surface area contributed by atoms with Crippen molar-refractivity contribution in [2.24, 2.45) is 0 Å². The predicted molar refractivity (Wildman–Crippen MR) is 73.8 cm³/mol. The van der Waals surface area contributed by atoms with E-state index in [4.69, 9.17) is 0 Å².